The van der Waals surface area contributed by atoms with Crippen molar-refractivity contribution >= 4 is 34.0 Å². The van der Waals surface area contributed by atoms with Gasteiger partial charge < -0.3 is 9.13 Å². The Labute approximate surface area is 363 Å². The van der Waals surface area contributed by atoms with Gasteiger partial charge >= 0.3 is 0 Å². The van der Waals surface area contributed by atoms with Crippen molar-refractivity contribution in [1.82, 2.24) is 9.13 Å². The average Bonchev–Trinajstić information content (AvgIpc) is 3.87. The van der Waals surface area contributed by atoms with E-state index in [1.807, 2.05) is 0 Å². The van der Waals surface area contributed by atoms with E-state index in [0.717, 1.165) is 31.4 Å². The zero-order valence-electron chi connectivity index (χ0n) is 34.5. The Bertz CT molecular complexity index is 3280. The van der Waals surface area contributed by atoms with Crippen LogP contribution in [0.25, 0.3) is 101 Å². The lowest BCUT2D eigenvalue weighted by Gasteiger charge is -2.15. The summed E-state index contributed by atoms with van der Waals surface area (Å²) in [6.45, 7) is 0. The first-order valence-electron chi connectivity index (χ1n) is 21.9. The van der Waals surface area contributed by atoms with Crippen molar-refractivity contribution in [3.8, 4) is 67.0 Å². The molecule has 62 heavy (non-hydrogen) atoms. The van der Waals surface area contributed by atoms with Gasteiger partial charge in [-0.3, -0.25) is 0 Å². The van der Waals surface area contributed by atoms with Crippen molar-refractivity contribution in [2.45, 2.75) is 25.7 Å². The van der Waals surface area contributed by atoms with Crippen LogP contribution in [0.5, 0.6) is 0 Å². The van der Waals surface area contributed by atoms with Crippen LogP contribution in [0.2, 0.25) is 0 Å². The molecule has 2 nitrogen and oxygen atoms in total. The molecule has 0 aliphatic heterocycles. The van der Waals surface area contributed by atoms with Crippen molar-refractivity contribution in [2.75, 3.05) is 0 Å². The second-order valence-corrected chi connectivity index (χ2v) is 16.7. The minimum absolute atomic E-state index is 1.13. The molecule has 0 spiro atoms. The molecule has 0 saturated heterocycles. The third-order valence-electron chi connectivity index (χ3n) is 13.1. The zero-order valence-corrected chi connectivity index (χ0v) is 34.5. The summed E-state index contributed by atoms with van der Waals surface area (Å²) in [6, 6.07) is 71.4. The highest BCUT2D eigenvalue weighted by Gasteiger charge is 2.23. The van der Waals surface area contributed by atoms with Gasteiger partial charge in [-0.1, -0.05) is 140 Å². The summed E-state index contributed by atoms with van der Waals surface area (Å²) in [6.07, 6.45) is 13.9. The minimum Gasteiger partial charge on any atom is -0.310 e. The van der Waals surface area contributed by atoms with Gasteiger partial charge in [0, 0.05) is 33.5 Å². The number of allylic oxidation sites excluding steroid dienone is 2. The summed E-state index contributed by atoms with van der Waals surface area (Å²) < 4.78 is 4.85. The van der Waals surface area contributed by atoms with Crippen LogP contribution in [0.15, 0.2) is 206 Å². The van der Waals surface area contributed by atoms with E-state index in [1.54, 1.807) is 0 Å². The van der Waals surface area contributed by atoms with E-state index in [1.165, 1.54) is 106 Å². The van der Waals surface area contributed by atoms with Gasteiger partial charge in [0.2, 0.25) is 0 Å². The predicted molar refractivity (Wildman–Crippen MR) is 262 cm³/mol. The molecular formula is C60H44N2. The van der Waals surface area contributed by atoms with E-state index in [0.29, 0.717) is 0 Å². The van der Waals surface area contributed by atoms with Crippen molar-refractivity contribution in [2.24, 2.45) is 0 Å². The molecule has 0 unspecified atom stereocenters. The fourth-order valence-corrected chi connectivity index (χ4v) is 10.1. The maximum Gasteiger partial charge on any atom is 0.0541 e. The third kappa shape index (κ3) is 6.26. The molecule has 2 aliphatic rings. The van der Waals surface area contributed by atoms with Gasteiger partial charge in [0.25, 0.3) is 0 Å². The number of rotatable bonds is 7. The van der Waals surface area contributed by atoms with Gasteiger partial charge in [-0.05, 0) is 171 Å². The largest absolute Gasteiger partial charge is 0.310 e. The number of para-hydroxylation sites is 2. The van der Waals surface area contributed by atoms with E-state index in [2.05, 4.69) is 228 Å². The molecule has 2 heterocycles. The Hall–Kier alpha value is -7.68. The standard InChI is InChI=1S/C60H44N2/c1-2-14-41(15-3-1)48-38-49(46-18-12-16-44(36-46)42-28-32-51(33-29-42)61-57-24-8-4-20-53(57)54-21-5-9-25-58(54)61)40-50(39-48)47-19-13-17-45(37-47)43-30-34-52(35-31-43)62-59-26-10-6-22-55(59)56-23-7-11-27-60(56)62/h1-5,8-21,24-40H,6-7,22-23H2. The second-order valence-electron chi connectivity index (χ2n) is 16.7. The predicted octanol–water partition coefficient (Wildman–Crippen LogP) is 15.8. The maximum atomic E-state index is 2.48. The maximum absolute atomic E-state index is 2.48. The fraction of sp³-hybridized carbons (Fsp3) is 0.0667. The molecule has 0 bridgehead atoms. The molecule has 8 aromatic carbocycles. The molecule has 0 amide bonds. The Morgan fingerprint density at radius 3 is 1.16 bits per heavy atom. The molecule has 0 saturated carbocycles. The van der Waals surface area contributed by atoms with Crippen LogP contribution in [-0.2, 0) is 12.8 Å². The topological polar surface area (TPSA) is 9.86 Å². The Kier molecular flexibility index (Phi) is 8.81. The highest BCUT2D eigenvalue weighted by atomic mass is 15.0. The smallest absolute Gasteiger partial charge is 0.0541 e. The van der Waals surface area contributed by atoms with Gasteiger partial charge in [0.05, 0.1) is 11.0 Å². The van der Waals surface area contributed by atoms with Gasteiger partial charge in [0.1, 0.15) is 0 Å². The van der Waals surface area contributed by atoms with Crippen LogP contribution >= 0.6 is 0 Å². The summed E-state index contributed by atoms with van der Waals surface area (Å²) in [7, 11) is 0. The quantitative estimate of drug-likeness (QED) is 0.152. The summed E-state index contributed by atoms with van der Waals surface area (Å²) >= 11 is 0. The monoisotopic (exact) mass is 792 g/mol. The van der Waals surface area contributed by atoms with Crippen molar-refractivity contribution in [3.05, 3.63) is 229 Å². The summed E-state index contributed by atoms with van der Waals surface area (Å²) in [4.78, 5) is 0. The van der Waals surface area contributed by atoms with Crippen molar-refractivity contribution < 1.29 is 0 Å². The highest BCUT2D eigenvalue weighted by Crippen LogP contribution is 2.39. The SMILES string of the molecule is C1=Cc2c(c3c(n2-c2ccc(-c4cccc(-c5cc(-c6ccccc6)cc(-c6cccc(-c7ccc(-n8c9ccccc9c9ccccc98)cc7)c6)c5)c4)cc2)C=CCC3)CC1. The van der Waals surface area contributed by atoms with Gasteiger partial charge in [-0.2, -0.15) is 0 Å². The normalized spacial score (nSPS) is 13.1. The zero-order chi connectivity index (χ0) is 41.0. The molecule has 0 fully saturated rings. The molecule has 12 rings (SSSR count). The molecule has 0 atom stereocenters. The van der Waals surface area contributed by atoms with Crippen molar-refractivity contribution in [3.63, 3.8) is 0 Å². The summed E-state index contributed by atoms with van der Waals surface area (Å²) in [5.41, 5.74) is 22.6. The fourth-order valence-electron chi connectivity index (χ4n) is 10.1. The van der Waals surface area contributed by atoms with Gasteiger partial charge in [-0.25, -0.2) is 0 Å². The molecule has 0 N–H and O–H groups in total. The molecule has 2 aliphatic carbocycles. The van der Waals surface area contributed by atoms with E-state index in [4.69, 9.17) is 0 Å². The molecule has 2 aromatic heterocycles. The first-order valence-corrected chi connectivity index (χ1v) is 21.9. The highest BCUT2D eigenvalue weighted by molar-refractivity contribution is 6.09. The van der Waals surface area contributed by atoms with Crippen LogP contribution < -0.4 is 0 Å². The lowest BCUT2D eigenvalue weighted by molar-refractivity contribution is 0.922. The van der Waals surface area contributed by atoms with E-state index < -0.39 is 0 Å². The molecule has 294 valence electrons. The third-order valence-corrected chi connectivity index (χ3v) is 13.1. The van der Waals surface area contributed by atoms with Crippen LogP contribution in [-0.4, -0.2) is 9.13 Å². The van der Waals surface area contributed by atoms with Crippen LogP contribution in [0, 0.1) is 0 Å². The number of nitrogens with zero attached hydrogens (tertiary/aromatic N) is 2. The second kappa shape index (κ2) is 15.1. The lowest BCUT2D eigenvalue weighted by atomic mass is 9.91. The first-order chi connectivity index (χ1) is 30.7. The molecular weight excluding hydrogens is 749 g/mol. The molecule has 2 heteroatoms. The van der Waals surface area contributed by atoms with Gasteiger partial charge in [-0.15, -0.1) is 0 Å². The minimum atomic E-state index is 1.13. The average molecular weight is 793 g/mol. The van der Waals surface area contributed by atoms with E-state index in [-0.39, 0.29) is 0 Å². The summed E-state index contributed by atoms with van der Waals surface area (Å²) in [5, 5.41) is 2.55. The van der Waals surface area contributed by atoms with Crippen LogP contribution in [0.1, 0.15) is 35.4 Å². The Balaban J connectivity index is 0.889. The van der Waals surface area contributed by atoms with Crippen LogP contribution in [0.3, 0.4) is 0 Å². The first kappa shape index (κ1) is 36.2. The number of benzene rings is 8. The van der Waals surface area contributed by atoms with Crippen molar-refractivity contribution in [1.29, 1.82) is 0 Å². The lowest BCUT2D eigenvalue weighted by Crippen LogP contribution is -2.02. The Morgan fingerprint density at radius 1 is 0.290 bits per heavy atom. The van der Waals surface area contributed by atoms with E-state index >= 15 is 0 Å². The molecule has 0 radical (unpaired) electrons. The number of aromatic nitrogens is 2. The van der Waals surface area contributed by atoms with Gasteiger partial charge in [0.15, 0.2) is 0 Å². The number of fused-ring (bicyclic) bond motifs is 6. The number of hydrogen-bond acceptors (Lipinski definition) is 0. The Morgan fingerprint density at radius 2 is 0.661 bits per heavy atom. The summed E-state index contributed by atoms with van der Waals surface area (Å²) in [5.74, 6) is 0. The number of hydrogen-bond donors (Lipinski definition) is 0. The molecule has 10 aromatic rings. The van der Waals surface area contributed by atoms with E-state index in [9.17, 15) is 0 Å². The van der Waals surface area contributed by atoms with Crippen LogP contribution in [0.4, 0.5) is 0 Å².